The molecule has 0 spiro atoms. The molecule has 0 heterocycles. The number of rotatable bonds is 0. The predicted molar refractivity (Wildman–Crippen MR) is 99.1 cm³/mol. The van der Waals surface area contributed by atoms with E-state index in [-0.39, 0.29) is 17.4 Å². The highest BCUT2D eigenvalue weighted by molar-refractivity contribution is 5.11. The van der Waals surface area contributed by atoms with Crippen LogP contribution in [0.5, 0.6) is 0 Å². The van der Waals surface area contributed by atoms with Gasteiger partial charge in [0.15, 0.2) is 0 Å². The number of aliphatic hydroxyl groups excluding tert-OH is 1. The van der Waals surface area contributed by atoms with E-state index in [1.165, 1.54) is 0 Å². The van der Waals surface area contributed by atoms with Gasteiger partial charge in [-0.25, -0.2) is 4.39 Å². The van der Waals surface area contributed by atoms with Crippen LogP contribution in [0.15, 0.2) is 0 Å². The average Bonchev–Trinajstić information content (AvgIpc) is 2.79. The molecule has 146 valence electrons. The topological polar surface area (TPSA) is 52.5 Å². The van der Waals surface area contributed by atoms with E-state index in [1.54, 1.807) is 0 Å². The summed E-state index contributed by atoms with van der Waals surface area (Å²) < 4.78 is 14.5. The zero-order valence-electron chi connectivity index (χ0n) is 16.3. The van der Waals surface area contributed by atoms with E-state index in [9.17, 15) is 14.6 Å². The highest BCUT2D eigenvalue weighted by Gasteiger charge is 2.61. The molecule has 25 heavy (non-hydrogen) atoms. The Morgan fingerprint density at radius 1 is 0.920 bits per heavy atom. The Morgan fingerprint density at radius 3 is 2.36 bits per heavy atom. The summed E-state index contributed by atoms with van der Waals surface area (Å²) in [5, 5.41) is 24.4. The monoisotopic (exact) mass is 355 g/mol. The van der Waals surface area contributed by atoms with Crippen molar-refractivity contribution in [1.29, 1.82) is 0 Å². The molecular weight excluding hydrogens is 317 g/mol. The van der Waals surface area contributed by atoms with Gasteiger partial charge in [-0.05, 0) is 102 Å². The van der Waals surface area contributed by atoms with Crippen LogP contribution < -0.4 is 5.32 Å². The number of alkyl halides is 1. The second kappa shape index (κ2) is 7.44. The minimum Gasteiger partial charge on any atom is -0.393 e. The molecule has 4 heteroatoms. The van der Waals surface area contributed by atoms with Crippen molar-refractivity contribution in [1.82, 2.24) is 5.32 Å². The van der Waals surface area contributed by atoms with Gasteiger partial charge in [0.1, 0.15) is 6.17 Å². The van der Waals surface area contributed by atoms with Crippen LogP contribution in [0.1, 0.15) is 71.1 Å². The fourth-order valence-electron chi connectivity index (χ4n) is 6.82. The van der Waals surface area contributed by atoms with Crippen molar-refractivity contribution in [3.05, 3.63) is 0 Å². The summed E-state index contributed by atoms with van der Waals surface area (Å²) in [4.78, 5) is 0. The summed E-state index contributed by atoms with van der Waals surface area (Å²) in [6.07, 6.45) is 8.51. The second-order valence-corrected chi connectivity index (χ2v) is 9.59. The van der Waals surface area contributed by atoms with E-state index in [4.69, 9.17) is 0 Å². The van der Waals surface area contributed by atoms with Crippen LogP contribution in [0.4, 0.5) is 4.39 Å². The number of aliphatic hydroxyl groups is 2. The van der Waals surface area contributed by atoms with Gasteiger partial charge in [-0.15, -0.1) is 0 Å². The number of hydrogen-bond acceptors (Lipinski definition) is 3. The summed E-state index contributed by atoms with van der Waals surface area (Å²) in [5.41, 5.74) is -0.934. The summed E-state index contributed by atoms with van der Waals surface area (Å²) in [6, 6.07) is 0. The standard InChI is InChI=1S/C19H31FO2.C2H7N/c1-18-8-7-14-10-13-11-15(21)3-2-12(13)6-9-19(14,22)16(18)4-5-17(18)20;1-3-2/h12-17,21-22H,2-11H2,1H3;3H,1-2H3/t12?,13?,14?,15?,16?,17?,18?,19-;/m1./s1. The van der Waals surface area contributed by atoms with Gasteiger partial charge in [0, 0.05) is 5.41 Å². The first-order valence-corrected chi connectivity index (χ1v) is 10.5. The van der Waals surface area contributed by atoms with Crippen LogP contribution in [-0.2, 0) is 0 Å². The molecule has 0 aromatic rings. The lowest BCUT2D eigenvalue weighted by Gasteiger charge is -2.52. The van der Waals surface area contributed by atoms with E-state index in [2.05, 4.69) is 12.2 Å². The Bertz CT molecular complexity index is 461. The van der Waals surface area contributed by atoms with Gasteiger partial charge >= 0.3 is 0 Å². The Morgan fingerprint density at radius 2 is 1.64 bits per heavy atom. The van der Waals surface area contributed by atoms with Gasteiger partial charge in [-0.1, -0.05) is 6.92 Å². The first-order chi connectivity index (χ1) is 11.8. The van der Waals surface area contributed by atoms with E-state index in [1.807, 2.05) is 14.1 Å². The Balaban J connectivity index is 0.000000569. The Labute approximate surface area is 152 Å². The second-order valence-electron chi connectivity index (χ2n) is 9.59. The van der Waals surface area contributed by atoms with Crippen molar-refractivity contribution in [2.45, 2.75) is 89.0 Å². The molecule has 0 aliphatic heterocycles. The van der Waals surface area contributed by atoms with E-state index in [0.29, 0.717) is 24.2 Å². The minimum atomic E-state index is -0.727. The zero-order chi connectivity index (χ0) is 18.2. The highest BCUT2D eigenvalue weighted by Crippen LogP contribution is 2.62. The molecule has 0 radical (unpaired) electrons. The van der Waals surface area contributed by atoms with Crippen LogP contribution in [0.25, 0.3) is 0 Å². The number of hydrogen-bond donors (Lipinski definition) is 3. The zero-order valence-corrected chi connectivity index (χ0v) is 16.3. The maximum absolute atomic E-state index is 14.5. The molecule has 4 aliphatic rings. The Hall–Kier alpha value is -0.190. The van der Waals surface area contributed by atoms with Crippen LogP contribution in [0.3, 0.4) is 0 Å². The first-order valence-electron chi connectivity index (χ1n) is 10.5. The number of halogens is 1. The van der Waals surface area contributed by atoms with Gasteiger partial charge in [0.2, 0.25) is 0 Å². The third kappa shape index (κ3) is 3.39. The van der Waals surface area contributed by atoms with Crippen molar-refractivity contribution in [2.75, 3.05) is 14.1 Å². The fourth-order valence-corrected chi connectivity index (χ4v) is 6.82. The van der Waals surface area contributed by atoms with Gasteiger partial charge in [0.25, 0.3) is 0 Å². The molecule has 0 aromatic heterocycles. The van der Waals surface area contributed by atoms with Gasteiger partial charge < -0.3 is 15.5 Å². The van der Waals surface area contributed by atoms with Crippen molar-refractivity contribution in [3.8, 4) is 0 Å². The third-order valence-electron chi connectivity index (χ3n) is 8.18. The molecule has 8 atom stereocenters. The molecule has 0 aromatic carbocycles. The molecule has 4 saturated carbocycles. The molecule has 0 saturated heterocycles. The highest BCUT2D eigenvalue weighted by atomic mass is 19.1. The Kier molecular flexibility index (Phi) is 5.82. The molecule has 0 amide bonds. The van der Waals surface area contributed by atoms with Gasteiger partial charge in [-0.3, -0.25) is 0 Å². The maximum Gasteiger partial charge on any atom is 0.106 e. The van der Waals surface area contributed by atoms with Crippen LogP contribution >= 0.6 is 0 Å². The molecule has 0 bridgehead atoms. The normalized spacial score (nSPS) is 52.1. The molecule has 4 aliphatic carbocycles. The van der Waals surface area contributed by atoms with Gasteiger partial charge in [0.05, 0.1) is 11.7 Å². The van der Waals surface area contributed by atoms with Crippen LogP contribution in [-0.4, -0.2) is 42.2 Å². The maximum atomic E-state index is 14.5. The average molecular weight is 356 g/mol. The van der Waals surface area contributed by atoms with Crippen molar-refractivity contribution in [3.63, 3.8) is 0 Å². The summed E-state index contributed by atoms with van der Waals surface area (Å²) >= 11 is 0. The first kappa shape index (κ1) is 19.6. The lowest BCUT2D eigenvalue weighted by atomic mass is 9.56. The van der Waals surface area contributed by atoms with E-state index >= 15 is 0 Å². The van der Waals surface area contributed by atoms with E-state index < -0.39 is 11.8 Å². The SMILES string of the molecule is CC12CCC3CC4CC(O)CCC4CC[C@]3(O)C1CCC2F.CNC. The summed E-state index contributed by atoms with van der Waals surface area (Å²) in [7, 11) is 3.75. The quantitative estimate of drug-likeness (QED) is 0.621. The molecular formula is C21H38FNO2. The number of fused-ring (bicyclic) bond motifs is 4. The van der Waals surface area contributed by atoms with Crippen molar-refractivity contribution < 1.29 is 14.6 Å². The largest absolute Gasteiger partial charge is 0.393 e. The minimum absolute atomic E-state index is 0.136. The summed E-state index contributed by atoms with van der Waals surface area (Å²) in [6.45, 7) is 2.09. The molecule has 4 rings (SSSR count). The van der Waals surface area contributed by atoms with Gasteiger partial charge in [-0.2, -0.15) is 0 Å². The van der Waals surface area contributed by atoms with Crippen LogP contribution in [0, 0.1) is 29.1 Å². The lowest BCUT2D eigenvalue weighted by Crippen LogP contribution is -2.54. The van der Waals surface area contributed by atoms with Crippen molar-refractivity contribution in [2.24, 2.45) is 29.1 Å². The number of nitrogens with one attached hydrogen (secondary N) is 1. The third-order valence-corrected chi connectivity index (χ3v) is 8.18. The predicted octanol–water partition coefficient (Wildman–Crippen LogP) is 3.68. The fraction of sp³-hybridized carbons (Fsp3) is 1.00. The van der Waals surface area contributed by atoms with E-state index in [0.717, 1.165) is 57.8 Å². The lowest BCUT2D eigenvalue weighted by molar-refractivity contribution is -0.150. The smallest absolute Gasteiger partial charge is 0.106 e. The van der Waals surface area contributed by atoms with Crippen molar-refractivity contribution >= 4 is 0 Å². The summed E-state index contributed by atoms with van der Waals surface area (Å²) in [5.74, 6) is 1.73. The molecule has 7 unspecified atom stereocenters. The molecule has 3 nitrogen and oxygen atoms in total. The molecule has 4 fully saturated rings. The molecule has 3 N–H and O–H groups in total. The van der Waals surface area contributed by atoms with Crippen LogP contribution in [0.2, 0.25) is 0 Å².